The van der Waals surface area contributed by atoms with E-state index in [2.05, 4.69) is 4.74 Å². The summed E-state index contributed by atoms with van der Waals surface area (Å²) in [6, 6.07) is 5.50. The Bertz CT molecular complexity index is 464. The highest BCUT2D eigenvalue weighted by Gasteiger charge is 2.35. The molecule has 0 saturated carbocycles. The van der Waals surface area contributed by atoms with Crippen LogP contribution in [-0.2, 0) is 14.3 Å². The lowest BCUT2D eigenvalue weighted by atomic mass is 9.93. The summed E-state index contributed by atoms with van der Waals surface area (Å²) in [5.74, 6) is -0.597. The molecule has 17 heavy (non-hydrogen) atoms. The van der Waals surface area contributed by atoms with Crippen molar-refractivity contribution < 1.29 is 19.1 Å². The van der Waals surface area contributed by atoms with E-state index in [4.69, 9.17) is 4.74 Å². The average Bonchev–Trinajstić information content (AvgIpc) is 2.58. The highest BCUT2D eigenvalue weighted by atomic mass is 16.6. The van der Waals surface area contributed by atoms with Crippen LogP contribution in [0.1, 0.15) is 30.4 Å². The second-order valence-corrected chi connectivity index (χ2v) is 4.00. The lowest BCUT2D eigenvalue weighted by Crippen LogP contribution is -2.07. The number of hydrogen-bond donors (Lipinski definition) is 0. The minimum atomic E-state index is -0.460. The smallest absolute Gasteiger partial charge is 0.321 e. The molecule has 4 heteroatoms. The first-order valence-corrected chi connectivity index (χ1v) is 5.59. The van der Waals surface area contributed by atoms with Crippen LogP contribution in [0.5, 0.6) is 5.75 Å². The van der Waals surface area contributed by atoms with Crippen molar-refractivity contribution in [3.8, 4) is 5.75 Å². The van der Waals surface area contributed by atoms with E-state index >= 15 is 0 Å². The van der Waals surface area contributed by atoms with Crippen molar-refractivity contribution in [3.05, 3.63) is 29.3 Å². The Morgan fingerprint density at radius 2 is 2.18 bits per heavy atom. The standard InChI is InChI=1S/C13H14O4/c1-3-16-9-4-5-10(8(2)6-9)11-7-12(14)17-13(11)15/h4-6,11H,3,7H2,1-2H3. The summed E-state index contributed by atoms with van der Waals surface area (Å²) in [5, 5.41) is 0. The second kappa shape index (κ2) is 4.57. The van der Waals surface area contributed by atoms with Gasteiger partial charge in [0.05, 0.1) is 18.9 Å². The number of cyclic esters (lactones) is 2. The van der Waals surface area contributed by atoms with Gasteiger partial charge in [-0.05, 0) is 37.1 Å². The first kappa shape index (κ1) is 11.6. The minimum absolute atomic E-state index is 0.133. The van der Waals surface area contributed by atoms with Crippen molar-refractivity contribution in [2.75, 3.05) is 6.61 Å². The van der Waals surface area contributed by atoms with Crippen LogP contribution in [0.2, 0.25) is 0 Å². The third kappa shape index (κ3) is 2.30. The average molecular weight is 234 g/mol. The van der Waals surface area contributed by atoms with E-state index in [1.807, 2.05) is 32.0 Å². The summed E-state index contributed by atoms with van der Waals surface area (Å²) in [6.45, 7) is 4.41. The van der Waals surface area contributed by atoms with Gasteiger partial charge in [-0.2, -0.15) is 0 Å². The van der Waals surface area contributed by atoms with Crippen molar-refractivity contribution >= 4 is 11.9 Å². The van der Waals surface area contributed by atoms with Gasteiger partial charge in [0.2, 0.25) is 0 Å². The van der Waals surface area contributed by atoms with Crippen LogP contribution in [0.4, 0.5) is 0 Å². The zero-order valence-electron chi connectivity index (χ0n) is 9.86. The van der Waals surface area contributed by atoms with E-state index < -0.39 is 17.9 Å². The van der Waals surface area contributed by atoms with Gasteiger partial charge in [0.25, 0.3) is 0 Å². The normalized spacial score (nSPS) is 19.3. The molecule has 0 radical (unpaired) electrons. The maximum Gasteiger partial charge on any atom is 0.321 e. The number of benzene rings is 1. The molecule has 1 saturated heterocycles. The maximum absolute atomic E-state index is 11.5. The first-order valence-electron chi connectivity index (χ1n) is 5.59. The van der Waals surface area contributed by atoms with Crippen molar-refractivity contribution in [3.63, 3.8) is 0 Å². The van der Waals surface area contributed by atoms with Gasteiger partial charge in [-0.15, -0.1) is 0 Å². The van der Waals surface area contributed by atoms with Crippen molar-refractivity contribution in [2.24, 2.45) is 0 Å². The second-order valence-electron chi connectivity index (χ2n) is 4.00. The van der Waals surface area contributed by atoms with E-state index in [-0.39, 0.29) is 6.42 Å². The van der Waals surface area contributed by atoms with Gasteiger partial charge in [0.1, 0.15) is 5.75 Å². The van der Waals surface area contributed by atoms with Crippen LogP contribution in [0.25, 0.3) is 0 Å². The van der Waals surface area contributed by atoms with Crippen LogP contribution in [0.15, 0.2) is 18.2 Å². The van der Waals surface area contributed by atoms with Crippen LogP contribution in [0.3, 0.4) is 0 Å². The van der Waals surface area contributed by atoms with Gasteiger partial charge in [-0.1, -0.05) is 6.07 Å². The number of carbonyl (C=O) groups is 2. The Balaban J connectivity index is 2.27. The molecule has 0 N–H and O–H groups in total. The topological polar surface area (TPSA) is 52.6 Å². The molecule has 1 unspecified atom stereocenters. The van der Waals surface area contributed by atoms with E-state index in [1.165, 1.54) is 0 Å². The molecule has 1 aliphatic rings. The molecule has 1 aromatic carbocycles. The molecule has 0 aliphatic carbocycles. The Morgan fingerprint density at radius 1 is 1.41 bits per heavy atom. The summed E-state index contributed by atoms with van der Waals surface area (Å²) in [5.41, 5.74) is 1.77. The van der Waals surface area contributed by atoms with Crippen LogP contribution in [-0.4, -0.2) is 18.5 Å². The molecule has 4 nitrogen and oxygen atoms in total. The molecule has 2 rings (SSSR count). The Hall–Kier alpha value is -1.84. The predicted molar refractivity (Wildman–Crippen MR) is 60.8 cm³/mol. The molecule has 1 heterocycles. The summed E-state index contributed by atoms with van der Waals surface area (Å²) < 4.78 is 9.92. The van der Waals surface area contributed by atoms with E-state index in [9.17, 15) is 9.59 Å². The molecule has 0 amide bonds. The van der Waals surface area contributed by atoms with Gasteiger partial charge < -0.3 is 9.47 Å². The molecular formula is C13H14O4. The van der Waals surface area contributed by atoms with Gasteiger partial charge in [-0.3, -0.25) is 9.59 Å². The number of rotatable bonds is 3. The maximum atomic E-state index is 11.5. The largest absolute Gasteiger partial charge is 0.494 e. The monoisotopic (exact) mass is 234 g/mol. The van der Waals surface area contributed by atoms with E-state index in [0.29, 0.717) is 6.61 Å². The van der Waals surface area contributed by atoms with Gasteiger partial charge in [0.15, 0.2) is 0 Å². The molecule has 0 spiro atoms. The first-order chi connectivity index (χ1) is 8.11. The van der Waals surface area contributed by atoms with Crippen molar-refractivity contribution in [1.29, 1.82) is 0 Å². The van der Waals surface area contributed by atoms with Crippen LogP contribution >= 0.6 is 0 Å². The third-order valence-corrected chi connectivity index (χ3v) is 2.80. The molecule has 1 atom stereocenters. The summed E-state index contributed by atoms with van der Waals surface area (Å²) >= 11 is 0. The van der Waals surface area contributed by atoms with Crippen LogP contribution in [0, 0.1) is 6.92 Å². The van der Waals surface area contributed by atoms with Crippen molar-refractivity contribution in [2.45, 2.75) is 26.2 Å². The fourth-order valence-corrected chi connectivity index (χ4v) is 2.01. The fourth-order valence-electron chi connectivity index (χ4n) is 2.01. The minimum Gasteiger partial charge on any atom is -0.494 e. The highest BCUT2D eigenvalue weighted by Crippen LogP contribution is 2.31. The quantitative estimate of drug-likeness (QED) is 0.592. The zero-order chi connectivity index (χ0) is 12.4. The molecule has 0 bridgehead atoms. The molecule has 90 valence electrons. The highest BCUT2D eigenvalue weighted by molar-refractivity contribution is 5.98. The SMILES string of the molecule is CCOc1ccc(C2CC(=O)OC2=O)c(C)c1. The van der Waals surface area contributed by atoms with Crippen molar-refractivity contribution in [1.82, 2.24) is 0 Å². The Kier molecular flexibility index (Phi) is 3.13. The number of carbonyl (C=O) groups excluding carboxylic acids is 2. The molecule has 1 fully saturated rings. The van der Waals surface area contributed by atoms with E-state index in [1.54, 1.807) is 0 Å². The fraction of sp³-hybridized carbons (Fsp3) is 0.385. The molecule has 1 aliphatic heterocycles. The molecule has 1 aromatic rings. The van der Waals surface area contributed by atoms with Crippen LogP contribution < -0.4 is 4.74 Å². The Morgan fingerprint density at radius 3 is 2.71 bits per heavy atom. The molecule has 0 aromatic heterocycles. The Labute approximate surface area is 99.5 Å². The van der Waals surface area contributed by atoms with E-state index in [0.717, 1.165) is 16.9 Å². The lowest BCUT2D eigenvalue weighted by molar-refractivity contribution is -0.152. The van der Waals surface area contributed by atoms with Gasteiger partial charge in [-0.25, -0.2) is 0 Å². The number of aryl methyl sites for hydroxylation is 1. The van der Waals surface area contributed by atoms with Gasteiger partial charge in [0, 0.05) is 0 Å². The summed E-state index contributed by atoms with van der Waals surface area (Å²) in [7, 11) is 0. The molecular weight excluding hydrogens is 220 g/mol. The number of ether oxygens (including phenoxy) is 2. The summed E-state index contributed by atoms with van der Waals surface area (Å²) in [4.78, 5) is 22.5. The summed E-state index contributed by atoms with van der Waals surface area (Å²) in [6.07, 6.45) is 0.133. The lowest BCUT2D eigenvalue weighted by Gasteiger charge is -2.11. The number of esters is 2. The third-order valence-electron chi connectivity index (χ3n) is 2.80. The zero-order valence-corrected chi connectivity index (χ0v) is 9.86. The van der Waals surface area contributed by atoms with Gasteiger partial charge >= 0.3 is 11.9 Å². The predicted octanol–water partition coefficient (Wildman–Crippen LogP) is 1.95. The number of hydrogen-bond acceptors (Lipinski definition) is 4.